The van der Waals surface area contributed by atoms with Crippen molar-refractivity contribution in [1.82, 2.24) is 0 Å². The average Bonchev–Trinajstić information content (AvgIpc) is 2.13. The van der Waals surface area contributed by atoms with E-state index in [0.29, 0.717) is 5.82 Å². The van der Waals surface area contributed by atoms with E-state index in [-0.39, 0.29) is 0 Å². The number of rotatable bonds is 0. The predicted molar refractivity (Wildman–Crippen MR) is 53.5 cm³/mol. The van der Waals surface area contributed by atoms with Crippen molar-refractivity contribution in [3.05, 3.63) is 0 Å². The second-order valence-electron chi connectivity index (χ2n) is 4.90. The molecule has 0 bridgehead atoms. The Hall–Kier alpha value is 0.0649. The van der Waals surface area contributed by atoms with Gasteiger partial charge in [0.1, 0.15) is 0 Å². The Morgan fingerprint density at radius 3 is 2.00 bits per heavy atom. The first-order valence-corrected chi connectivity index (χ1v) is 5.56. The summed E-state index contributed by atoms with van der Waals surface area (Å²) in [5.74, 6) is 0.526. The molecule has 2 saturated carbocycles. The van der Waals surface area contributed by atoms with Crippen LogP contribution in [0, 0.1) is 5.41 Å². The largest absolute Gasteiger partial charge is 0.0773 e. The average molecular weight is 162 g/mol. The van der Waals surface area contributed by atoms with E-state index in [9.17, 15) is 0 Å². The van der Waals surface area contributed by atoms with Gasteiger partial charge in [-0.2, -0.15) is 0 Å². The molecule has 2 rings (SSSR count). The first-order valence-electron chi connectivity index (χ1n) is 5.56. The highest BCUT2D eigenvalue weighted by atomic mass is 14.4. The van der Waals surface area contributed by atoms with E-state index < -0.39 is 0 Å². The van der Waals surface area contributed by atoms with Gasteiger partial charge in [0.15, 0.2) is 0 Å². The Morgan fingerprint density at radius 2 is 1.42 bits per heavy atom. The van der Waals surface area contributed by atoms with E-state index in [1.54, 1.807) is 0 Å². The summed E-state index contributed by atoms with van der Waals surface area (Å²) in [7, 11) is 5.92. The summed E-state index contributed by atoms with van der Waals surface area (Å²) >= 11 is 0. The summed E-state index contributed by atoms with van der Waals surface area (Å²) < 4.78 is 0. The van der Waals surface area contributed by atoms with Crippen LogP contribution in [0.2, 0.25) is 5.82 Å². The Morgan fingerprint density at radius 1 is 0.833 bits per heavy atom. The SMILES string of the molecule is [B]C1CCC2(CCCCC2)CC1. The molecule has 0 amide bonds. The second kappa shape index (κ2) is 3.43. The molecular formula is C11H19B. The van der Waals surface area contributed by atoms with Crippen LogP contribution in [0.1, 0.15) is 57.8 Å². The highest BCUT2D eigenvalue weighted by molar-refractivity contribution is 6.11. The summed E-state index contributed by atoms with van der Waals surface area (Å²) in [5, 5.41) is 0. The predicted octanol–water partition coefficient (Wildman–Crippen LogP) is 3.47. The quantitative estimate of drug-likeness (QED) is 0.478. The molecule has 0 aromatic carbocycles. The van der Waals surface area contributed by atoms with Crippen LogP contribution >= 0.6 is 0 Å². The van der Waals surface area contributed by atoms with Gasteiger partial charge < -0.3 is 0 Å². The van der Waals surface area contributed by atoms with Crippen LogP contribution in [-0.4, -0.2) is 7.85 Å². The van der Waals surface area contributed by atoms with Crippen LogP contribution < -0.4 is 0 Å². The highest BCUT2D eigenvalue weighted by Gasteiger charge is 2.34. The van der Waals surface area contributed by atoms with Gasteiger partial charge in [-0.25, -0.2) is 0 Å². The maximum Gasteiger partial charge on any atom is 0.0699 e. The highest BCUT2D eigenvalue weighted by Crippen LogP contribution is 2.49. The first kappa shape index (κ1) is 8.65. The van der Waals surface area contributed by atoms with Crippen LogP contribution in [0.5, 0.6) is 0 Å². The van der Waals surface area contributed by atoms with Crippen molar-refractivity contribution >= 4 is 7.85 Å². The van der Waals surface area contributed by atoms with Gasteiger partial charge in [0.25, 0.3) is 0 Å². The lowest BCUT2D eigenvalue weighted by molar-refractivity contribution is 0.124. The van der Waals surface area contributed by atoms with E-state index in [2.05, 4.69) is 0 Å². The fourth-order valence-corrected chi connectivity index (χ4v) is 3.05. The van der Waals surface area contributed by atoms with E-state index in [1.165, 1.54) is 57.8 Å². The summed E-state index contributed by atoms with van der Waals surface area (Å²) in [4.78, 5) is 0. The summed E-state index contributed by atoms with van der Waals surface area (Å²) in [5.41, 5.74) is 0.758. The Labute approximate surface area is 77.5 Å². The fourth-order valence-electron chi connectivity index (χ4n) is 3.05. The Balaban J connectivity index is 1.92. The zero-order valence-electron chi connectivity index (χ0n) is 8.02. The van der Waals surface area contributed by atoms with Gasteiger partial charge in [0.2, 0.25) is 0 Å². The molecular weight excluding hydrogens is 143 g/mol. The van der Waals surface area contributed by atoms with Gasteiger partial charge in [0.05, 0.1) is 7.85 Å². The van der Waals surface area contributed by atoms with Gasteiger partial charge in [-0.05, 0) is 31.1 Å². The van der Waals surface area contributed by atoms with Gasteiger partial charge in [-0.15, -0.1) is 0 Å². The molecule has 2 fully saturated rings. The lowest BCUT2D eigenvalue weighted by atomic mass is 9.60. The molecule has 12 heavy (non-hydrogen) atoms. The maximum atomic E-state index is 5.92. The van der Waals surface area contributed by atoms with Crippen molar-refractivity contribution in [2.24, 2.45) is 5.41 Å². The normalized spacial score (nSPS) is 30.7. The van der Waals surface area contributed by atoms with Gasteiger partial charge in [-0.3, -0.25) is 0 Å². The Bertz CT molecular complexity index is 137. The molecule has 66 valence electrons. The lowest BCUT2D eigenvalue weighted by Crippen LogP contribution is -2.28. The van der Waals surface area contributed by atoms with E-state index >= 15 is 0 Å². The van der Waals surface area contributed by atoms with Crippen LogP contribution in [0.15, 0.2) is 0 Å². The molecule has 0 aliphatic heterocycles. The van der Waals surface area contributed by atoms with Gasteiger partial charge >= 0.3 is 0 Å². The first-order chi connectivity index (χ1) is 5.81. The number of hydrogen-bond donors (Lipinski definition) is 0. The molecule has 2 aliphatic rings. The van der Waals surface area contributed by atoms with E-state index in [1.807, 2.05) is 0 Å². The van der Waals surface area contributed by atoms with Crippen molar-refractivity contribution in [3.8, 4) is 0 Å². The molecule has 0 nitrogen and oxygen atoms in total. The van der Waals surface area contributed by atoms with Crippen molar-refractivity contribution in [1.29, 1.82) is 0 Å². The molecule has 0 saturated heterocycles. The van der Waals surface area contributed by atoms with E-state index in [4.69, 9.17) is 7.85 Å². The standard InChI is InChI=1S/C11H19B/c12-10-4-8-11(9-5-10)6-2-1-3-7-11/h10H,1-9H2. The molecule has 0 N–H and O–H groups in total. The van der Waals surface area contributed by atoms with Crippen LogP contribution in [0.3, 0.4) is 0 Å². The second-order valence-corrected chi connectivity index (χ2v) is 4.90. The smallest absolute Gasteiger partial charge is 0.0699 e. The molecule has 0 atom stereocenters. The third-order valence-corrected chi connectivity index (χ3v) is 4.01. The molecule has 2 aliphatic carbocycles. The molecule has 0 aromatic rings. The zero-order chi connectivity index (χ0) is 8.44. The monoisotopic (exact) mass is 162 g/mol. The van der Waals surface area contributed by atoms with Crippen molar-refractivity contribution < 1.29 is 0 Å². The molecule has 0 heterocycles. The molecule has 2 radical (unpaired) electrons. The van der Waals surface area contributed by atoms with Crippen LogP contribution in [-0.2, 0) is 0 Å². The zero-order valence-corrected chi connectivity index (χ0v) is 8.02. The van der Waals surface area contributed by atoms with Crippen LogP contribution in [0.25, 0.3) is 0 Å². The van der Waals surface area contributed by atoms with Gasteiger partial charge in [0, 0.05) is 0 Å². The van der Waals surface area contributed by atoms with Crippen LogP contribution in [0.4, 0.5) is 0 Å². The van der Waals surface area contributed by atoms with E-state index in [0.717, 1.165) is 5.41 Å². The van der Waals surface area contributed by atoms with Gasteiger partial charge in [-0.1, -0.05) is 37.9 Å². The third kappa shape index (κ3) is 1.70. The summed E-state index contributed by atoms with van der Waals surface area (Å²) in [6.45, 7) is 0. The topological polar surface area (TPSA) is 0 Å². The molecule has 0 unspecified atom stereocenters. The molecule has 1 heteroatoms. The third-order valence-electron chi connectivity index (χ3n) is 4.01. The Kier molecular flexibility index (Phi) is 2.48. The molecule has 0 aromatic heterocycles. The molecule has 1 spiro atoms. The van der Waals surface area contributed by atoms with Crippen molar-refractivity contribution in [2.75, 3.05) is 0 Å². The lowest BCUT2D eigenvalue weighted by Gasteiger charge is -2.42. The number of hydrogen-bond acceptors (Lipinski definition) is 0. The summed E-state index contributed by atoms with van der Waals surface area (Å²) in [6.07, 6.45) is 12.9. The minimum absolute atomic E-state index is 0.526. The minimum atomic E-state index is 0.526. The fraction of sp³-hybridized carbons (Fsp3) is 1.00. The summed E-state index contributed by atoms with van der Waals surface area (Å²) in [6, 6.07) is 0. The van der Waals surface area contributed by atoms with Crippen molar-refractivity contribution in [3.63, 3.8) is 0 Å². The minimum Gasteiger partial charge on any atom is -0.0773 e. The van der Waals surface area contributed by atoms with Crippen molar-refractivity contribution in [2.45, 2.75) is 63.6 Å². The maximum absolute atomic E-state index is 5.92.